The molecule has 1 aliphatic carbocycles. The number of hydrogen-bond donors (Lipinski definition) is 1. The summed E-state index contributed by atoms with van der Waals surface area (Å²) in [6.07, 6.45) is 13.3. The minimum absolute atomic E-state index is 0.318. The van der Waals surface area contributed by atoms with Crippen molar-refractivity contribution in [2.75, 3.05) is 13.1 Å². The van der Waals surface area contributed by atoms with Crippen molar-refractivity contribution in [2.45, 2.75) is 76.7 Å². The third-order valence-electron chi connectivity index (χ3n) is 4.86. The van der Waals surface area contributed by atoms with Gasteiger partial charge in [0.15, 0.2) is 0 Å². The number of carbonyl (C=O) groups excluding carboxylic acids is 1. The summed E-state index contributed by atoms with van der Waals surface area (Å²) in [7, 11) is 0. The normalized spacial score (nSPS) is 26.2. The van der Waals surface area contributed by atoms with Crippen LogP contribution in [-0.2, 0) is 4.79 Å². The lowest BCUT2D eigenvalue weighted by Crippen LogP contribution is -2.40. The van der Waals surface area contributed by atoms with Gasteiger partial charge in [0.1, 0.15) is 0 Å². The molecule has 110 valence electrons. The van der Waals surface area contributed by atoms with Gasteiger partial charge >= 0.3 is 0 Å². The third-order valence-corrected chi connectivity index (χ3v) is 4.86. The van der Waals surface area contributed by atoms with Crippen molar-refractivity contribution in [3.8, 4) is 0 Å². The molecule has 2 fully saturated rings. The first-order valence-corrected chi connectivity index (χ1v) is 8.33. The predicted molar refractivity (Wildman–Crippen MR) is 78.8 cm³/mol. The Morgan fingerprint density at radius 1 is 1.00 bits per heavy atom. The quantitative estimate of drug-likeness (QED) is 0.850. The third kappa shape index (κ3) is 4.20. The van der Waals surface area contributed by atoms with Crippen LogP contribution in [0.15, 0.2) is 0 Å². The molecule has 1 heterocycles. The fourth-order valence-electron chi connectivity index (χ4n) is 3.72. The van der Waals surface area contributed by atoms with Crippen LogP contribution in [-0.4, -0.2) is 29.9 Å². The van der Waals surface area contributed by atoms with Gasteiger partial charge in [-0.2, -0.15) is 0 Å². The van der Waals surface area contributed by atoms with Gasteiger partial charge in [-0.15, -0.1) is 0 Å². The first-order chi connectivity index (χ1) is 9.33. The van der Waals surface area contributed by atoms with Crippen LogP contribution in [0.5, 0.6) is 0 Å². The van der Waals surface area contributed by atoms with Crippen LogP contribution in [0.4, 0.5) is 0 Å². The van der Waals surface area contributed by atoms with E-state index in [0.29, 0.717) is 17.9 Å². The molecule has 1 saturated carbocycles. The number of rotatable bonds is 4. The molecule has 2 aliphatic rings. The van der Waals surface area contributed by atoms with Crippen molar-refractivity contribution in [1.82, 2.24) is 4.90 Å². The van der Waals surface area contributed by atoms with Crippen LogP contribution in [0.3, 0.4) is 0 Å². The number of amides is 1. The molecule has 1 aliphatic heterocycles. The zero-order valence-corrected chi connectivity index (χ0v) is 12.3. The van der Waals surface area contributed by atoms with Gasteiger partial charge in [0, 0.05) is 18.5 Å². The highest BCUT2D eigenvalue weighted by Gasteiger charge is 2.32. The number of carbonyl (C=O) groups is 1. The van der Waals surface area contributed by atoms with Gasteiger partial charge in [-0.05, 0) is 45.1 Å². The maximum absolute atomic E-state index is 12.7. The van der Waals surface area contributed by atoms with Crippen molar-refractivity contribution in [1.29, 1.82) is 0 Å². The zero-order valence-electron chi connectivity index (χ0n) is 12.3. The number of nitrogens with zero attached hydrogens (tertiary/aromatic N) is 1. The molecule has 1 saturated heterocycles. The fraction of sp³-hybridized carbons (Fsp3) is 0.938. The summed E-state index contributed by atoms with van der Waals surface area (Å²) in [6.45, 7) is 1.74. The topological polar surface area (TPSA) is 46.3 Å². The van der Waals surface area contributed by atoms with E-state index in [9.17, 15) is 4.79 Å². The summed E-state index contributed by atoms with van der Waals surface area (Å²) >= 11 is 0. The van der Waals surface area contributed by atoms with E-state index >= 15 is 0 Å². The molecule has 2 rings (SSSR count). The highest BCUT2D eigenvalue weighted by atomic mass is 16.2. The van der Waals surface area contributed by atoms with Crippen molar-refractivity contribution in [3.05, 3.63) is 0 Å². The van der Waals surface area contributed by atoms with Gasteiger partial charge in [-0.3, -0.25) is 4.79 Å². The number of nitrogens with two attached hydrogens (primary N) is 1. The Morgan fingerprint density at radius 3 is 2.37 bits per heavy atom. The van der Waals surface area contributed by atoms with Gasteiger partial charge < -0.3 is 10.6 Å². The van der Waals surface area contributed by atoms with E-state index in [0.717, 1.165) is 38.8 Å². The Morgan fingerprint density at radius 2 is 1.68 bits per heavy atom. The molecular weight excluding hydrogens is 236 g/mol. The van der Waals surface area contributed by atoms with E-state index < -0.39 is 0 Å². The minimum atomic E-state index is 0.318. The Bertz CT molecular complexity index is 272. The van der Waals surface area contributed by atoms with Crippen LogP contribution >= 0.6 is 0 Å². The summed E-state index contributed by atoms with van der Waals surface area (Å²) in [5.41, 5.74) is 5.61. The fourth-order valence-corrected chi connectivity index (χ4v) is 3.72. The standard InChI is InChI=1S/C16H30N2O/c17-12-6-10-15-11-7-13-18(15)16(19)14-8-4-2-1-3-5-9-14/h14-15H,1-13,17H2. The highest BCUT2D eigenvalue weighted by molar-refractivity contribution is 5.79. The van der Waals surface area contributed by atoms with Crippen molar-refractivity contribution < 1.29 is 4.79 Å². The Labute approximate surface area is 117 Å². The molecule has 0 aromatic heterocycles. The molecule has 0 aromatic rings. The van der Waals surface area contributed by atoms with Gasteiger partial charge in [-0.1, -0.05) is 32.1 Å². The first kappa shape index (κ1) is 14.8. The lowest BCUT2D eigenvalue weighted by molar-refractivity contribution is -0.137. The lowest BCUT2D eigenvalue weighted by atomic mass is 9.90. The SMILES string of the molecule is NCCCC1CCCN1C(=O)C1CCCCCCC1. The van der Waals surface area contributed by atoms with Crippen LogP contribution in [0.1, 0.15) is 70.6 Å². The molecule has 3 heteroatoms. The van der Waals surface area contributed by atoms with E-state index in [1.807, 2.05) is 0 Å². The zero-order chi connectivity index (χ0) is 13.5. The summed E-state index contributed by atoms with van der Waals surface area (Å²) in [4.78, 5) is 14.9. The summed E-state index contributed by atoms with van der Waals surface area (Å²) in [5, 5.41) is 0. The van der Waals surface area contributed by atoms with E-state index in [2.05, 4.69) is 4.90 Å². The van der Waals surface area contributed by atoms with Crippen LogP contribution < -0.4 is 5.73 Å². The summed E-state index contributed by atoms with van der Waals surface area (Å²) < 4.78 is 0. The molecule has 19 heavy (non-hydrogen) atoms. The van der Waals surface area contributed by atoms with Gasteiger partial charge in [0.2, 0.25) is 5.91 Å². The summed E-state index contributed by atoms with van der Waals surface area (Å²) in [5.74, 6) is 0.778. The molecule has 0 spiro atoms. The molecule has 1 atom stereocenters. The lowest BCUT2D eigenvalue weighted by Gasteiger charge is -2.30. The monoisotopic (exact) mass is 266 g/mol. The van der Waals surface area contributed by atoms with Gasteiger partial charge in [-0.25, -0.2) is 0 Å². The molecule has 1 unspecified atom stereocenters. The van der Waals surface area contributed by atoms with Crippen molar-refractivity contribution in [3.63, 3.8) is 0 Å². The van der Waals surface area contributed by atoms with Crippen LogP contribution in [0, 0.1) is 5.92 Å². The summed E-state index contributed by atoms with van der Waals surface area (Å²) in [6, 6.07) is 0.487. The average molecular weight is 266 g/mol. The van der Waals surface area contributed by atoms with Gasteiger partial charge in [0.05, 0.1) is 0 Å². The van der Waals surface area contributed by atoms with E-state index in [1.54, 1.807) is 0 Å². The van der Waals surface area contributed by atoms with Crippen molar-refractivity contribution >= 4 is 5.91 Å². The van der Waals surface area contributed by atoms with E-state index in [-0.39, 0.29) is 0 Å². The smallest absolute Gasteiger partial charge is 0.225 e. The molecule has 3 nitrogen and oxygen atoms in total. The van der Waals surface area contributed by atoms with Gasteiger partial charge in [0.25, 0.3) is 0 Å². The maximum atomic E-state index is 12.7. The second kappa shape index (κ2) is 7.88. The molecular formula is C16H30N2O. The van der Waals surface area contributed by atoms with Crippen LogP contribution in [0.25, 0.3) is 0 Å². The van der Waals surface area contributed by atoms with E-state index in [4.69, 9.17) is 5.73 Å². The Kier molecular flexibility index (Phi) is 6.15. The molecule has 0 radical (unpaired) electrons. The Balaban J connectivity index is 1.88. The largest absolute Gasteiger partial charge is 0.339 e. The molecule has 1 amide bonds. The Hall–Kier alpha value is -0.570. The van der Waals surface area contributed by atoms with Crippen LogP contribution in [0.2, 0.25) is 0 Å². The second-order valence-electron chi connectivity index (χ2n) is 6.30. The molecule has 0 aromatic carbocycles. The molecule has 2 N–H and O–H groups in total. The molecule has 0 bridgehead atoms. The number of likely N-dealkylation sites (tertiary alicyclic amines) is 1. The number of hydrogen-bond acceptors (Lipinski definition) is 2. The second-order valence-corrected chi connectivity index (χ2v) is 6.30. The van der Waals surface area contributed by atoms with E-state index in [1.165, 1.54) is 44.9 Å². The average Bonchev–Trinajstić information content (AvgIpc) is 2.83. The first-order valence-electron chi connectivity index (χ1n) is 8.33. The van der Waals surface area contributed by atoms with Crippen molar-refractivity contribution in [2.24, 2.45) is 11.7 Å². The highest BCUT2D eigenvalue weighted by Crippen LogP contribution is 2.28. The predicted octanol–water partition coefficient (Wildman–Crippen LogP) is 3.08. The minimum Gasteiger partial charge on any atom is -0.339 e. The maximum Gasteiger partial charge on any atom is 0.225 e.